The first-order chi connectivity index (χ1) is 9.11. The van der Waals surface area contributed by atoms with Crippen LogP contribution in [0.2, 0.25) is 0 Å². The number of ether oxygens (including phenoxy) is 1. The molecular formula is C15H27NO3. The smallest absolute Gasteiger partial charge is 0.310 e. The van der Waals surface area contributed by atoms with Crippen molar-refractivity contribution >= 4 is 5.97 Å². The fraction of sp³-hybridized carbons (Fsp3) is 0.933. The molecule has 1 saturated carbocycles. The second-order valence-corrected chi connectivity index (χ2v) is 6.11. The van der Waals surface area contributed by atoms with Crippen molar-refractivity contribution in [2.75, 3.05) is 19.7 Å². The Hall–Kier alpha value is -0.610. The normalized spacial score (nSPS) is 35.9. The van der Waals surface area contributed by atoms with E-state index in [0.717, 1.165) is 58.2 Å². The van der Waals surface area contributed by atoms with Crippen molar-refractivity contribution < 1.29 is 14.6 Å². The van der Waals surface area contributed by atoms with E-state index in [2.05, 4.69) is 11.8 Å². The third kappa shape index (κ3) is 3.11. The van der Waals surface area contributed by atoms with Crippen molar-refractivity contribution in [3.8, 4) is 0 Å². The molecule has 1 unspecified atom stereocenters. The van der Waals surface area contributed by atoms with Crippen LogP contribution in [0.3, 0.4) is 0 Å². The van der Waals surface area contributed by atoms with Gasteiger partial charge in [-0.3, -0.25) is 9.69 Å². The van der Waals surface area contributed by atoms with Crippen LogP contribution in [-0.4, -0.2) is 47.8 Å². The number of hydrogen-bond acceptors (Lipinski definition) is 3. The lowest BCUT2D eigenvalue weighted by molar-refractivity contribution is -0.155. The largest absolute Gasteiger partial charge is 0.481 e. The first kappa shape index (κ1) is 14.8. The number of rotatable bonds is 6. The molecule has 4 heteroatoms. The van der Waals surface area contributed by atoms with Crippen LogP contribution in [0.5, 0.6) is 0 Å². The molecular weight excluding hydrogens is 242 g/mol. The molecule has 19 heavy (non-hydrogen) atoms. The summed E-state index contributed by atoms with van der Waals surface area (Å²) in [5.41, 5.74) is -0.496. The first-order valence-electron chi connectivity index (χ1n) is 7.70. The summed E-state index contributed by atoms with van der Waals surface area (Å²) >= 11 is 0. The van der Waals surface area contributed by atoms with Gasteiger partial charge in [-0.15, -0.1) is 0 Å². The number of nitrogens with zero attached hydrogens (tertiary/aromatic N) is 1. The maximum atomic E-state index is 11.7. The molecule has 1 aliphatic heterocycles. The van der Waals surface area contributed by atoms with Gasteiger partial charge in [0, 0.05) is 19.2 Å². The van der Waals surface area contributed by atoms with Crippen molar-refractivity contribution in [3.63, 3.8) is 0 Å². The summed E-state index contributed by atoms with van der Waals surface area (Å²) in [6, 6.07) is 0.549. The SMILES string of the molecule is CCCC1(C(=O)O)CCCN(C2CC(OCC)C2)C1. The Bertz CT molecular complexity index is 311. The monoisotopic (exact) mass is 269 g/mol. The third-order valence-corrected chi connectivity index (χ3v) is 4.78. The molecule has 2 rings (SSSR count). The summed E-state index contributed by atoms with van der Waals surface area (Å²) in [6.45, 7) is 6.69. The summed E-state index contributed by atoms with van der Waals surface area (Å²) in [5.74, 6) is -0.597. The minimum Gasteiger partial charge on any atom is -0.481 e. The second-order valence-electron chi connectivity index (χ2n) is 6.11. The molecule has 110 valence electrons. The fourth-order valence-electron chi connectivity index (χ4n) is 3.65. The minimum absolute atomic E-state index is 0.405. The van der Waals surface area contributed by atoms with Crippen molar-refractivity contribution in [3.05, 3.63) is 0 Å². The highest BCUT2D eigenvalue weighted by Gasteiger charge is 2.45. The molecule has 1 aliphatic carbocycles. The van der Waals surface area contributed by atoms with E-state index in [1.54, 1.807) is 0 Å². The lowest BCUT2D eigenvalue weighted by Gasteiger charge is -2.48. The van der Waals surface area contributed by atoms with Crippen LogP contribution < -0.4 is 0 Å². The van der Waals surface area contributed by atoms with Crippen LogP contribution in [0.1, 0.15) is 52.4 Å². The highest BCUT2D eigenvalue weighted by Crippen LogP contribution is 2.39. The molecule has 0 bridgehead atoms. The molecule has 0 aromatic carbocycles. The van der Waals surface area contributed by atoms with Gasteiger partial charge in [-0.2, -0.15) is 0 Å². The molecule has 0 amide bonds. The number of hydrogen-bond donors (Lipinski definition) is 1. The molecule has 1 N–H and O–H groups in total. The first-order valence-corrected chi connectivity index (χ1v) is 7.70. The van der Waals surface area contributed by atoms with Gasteiger partial charge in [0.15, 0.2) is 0 Å². The van der Waals surface area contributed by atoms with Gasteiger partial charge in [0.1, 0.15) is 0 Å². The molecule has 0 aromatic rings. The Morgan fingerprint density at radius 2 is 2.16 bits per heavy atom. The van der Waals surface area contributed by atoms with E-state index in [-0.39, 0.29) is 0 Å². The summed E-state index contributed by atoms with van der Waals surface area (Å²) < 4.78 is 5.60. The van der Waals surface area contributed by atoms with Crippen molar-refractivity contribution in [1.29, 1.82) is 0 Å². The van der Waals surface area contributed by atoms with E-state index in [1.165, 1.54) is 0 Å². The fourth-order valence-corrected chi connectivity index (χ4v) is 3.65. The number of aliphatic carboxylic acids is 1. The molecule has 0 aromatic heterocycles. The van der Waals surface area contributed by atoms with E-state index in [9.17, 15) is 9.90 Å². The van der Waals surface area contributed by atoms with Crippen LogP contribution in [0, 0.1) is 5.41 Å². The van der Waals surface area contributed by atoms with Crippen LogP contribution in [0.25, 0.3) is 0 Å². The van der Waals surface area contributed by atoms with Crippen LogP contribution >= 0.6 is 0 Å². The molecule has 1 saturated heterocycles. The van der Waals surface area contributed by atoms with E-state index >= 15 is 0 Å². The predicted molar refractivity (Wildman–Crippen MR) is 74.2 cm³/mol. The highest BCUT2D eigenvalue weighted by molar-refractivity contribution is 5.75. The minimum atomic E-state index is -0.597. The quantitative estimate of drug-likeness (QED) is 0.805. The lowest BCUT2D eigenvalue weighted by atomic mass is 9.74. The zero-order chi connectivity index (χ0) is 13.9. The number of piperidine rings is 1. The summed E-state index contributed by atoms with van der Waals surface area (Å²) in [6.07, 6.45) is 6.18. The molecule has 1 heterocycles. The second kappa shape index (κ2) is 6.23. The number of carbonyl (C=O) groups is 1. The predicted octanol–water partition coefficient (Wildman–Crippen LogP) is 2.52. The third-order valence-electron chi connectivity index (χ3n) is 4.78. The summed E-state index contributed by atoms with van der Waals surface area (Å²) in [7, 11) is 0. The van der Waals surface area contributed by atoms with E-state index in [0.29, 0.717) is 12.1 Å². The van der Waals surface area contributed by atoms with E-state index in [4.69, 9.17) is 4.74 Å². The Kier molecular flexibility index (Phi) is 4.85. The Balaban J connectivity index is 1.91. The van der Waals surface area contributed by atoms with Gasteiger partial charge in [0.05, 0.1) is 11.5 Å². The standard InChI is InChI=1S/C15H27NO3/c1-3-6-15(14(17)18)7-5-8-16(11-15)12-9-13(10-12)19-4-2/h12-13H,3-11H2,1-2H3,(H,17,18). The molecule has 4 nitrogen and oxygen atoms in total. The molecule has 0 spiro atoms. The van der Waals surface area contributed by atoms with Gasteiger partial charge >= 0.3 is 5.97 Å². The van der Waals surface area contributed by atoms with Crippen LogP contribution in [0.4, 0.5) is 0 Å². The average molecular weight is 269 g/mol. The van der Waals surface area contributed by atoms with Crippen molar-refractivity contribution in [2.24, 2.45) is 5.41 Å². The topological polar surface area (TPSA) is 49.8 Å². The zero-order valence-corrected chi connectivity index (χ0v) is 12.2. The van der Waals surface area contributed by atoms with Crippen molar-refractivity contribution in [2.45, 2.75) is 64.5 Å². The van der Waals surface area contributed by atoms with Gasteiger partial charge < -0.3 is 9.84 Å². The number of carboxylic acid groups (broad SMARTS) is 1. The molecule has 2 fully saturated rings. The molecule has 2 aliphatic rings. The number of carboxylic acids is 1. The van der Waals surface area contributed by atoms with Gasteiger partial charge in [0.2, 0.25) is 0 Å². The van der Waals surface area contributed by atoms with Gasteiger partial charge in [-0.1, -0.05) is 13.3 Å². The maximum Gasteiger partial charge on any atom is 0.310 e. The van der Waals surface area contributed by atoms with Crippen LogP contribution in [0.15, 0.2) is 0 Å². The van der Waals surface area contributed by atoms with Gasteiger partial charge in [-0.25, -0.2) is 0 Å². The lowest BCUT2D eigenvalue weighted by Crippen LogP contribution is -2.56. The zero-order valence-electron chi connectivity index (χ0n) is 12.2. The average Bonchev–Trinajstić information content (AvgIpc) is 2.33. The summed E-state index contributed by atoms with van der Waals surface area (Å²) in [5, 5.41) is 9.60. The highest BCUT2D eigenvalue weighted by atomic mass is 16.5. The molecule has 1 atom stereocenters. The van der Waals surface area contributed by atoms with E-state index in [1.807, 2.05) is 6.92 Å². The summed E-state index contributed by atoms with van der Waals surface area (Å²) in [4.78, 5) is 14.1. The molecule has 0 radical (unpaired) electrons. The Labute approximate surface area is 116 Å². The Morgan fingerprint density at radius 3 is 2.74 bits per heavy atom. The van der Waals surface area contributed by atoms with Crippen molar-refractivity contribution in [1.82, 2.24) is 4.90 Å². The maximum absolute atomic E-state index is 11.7. The van der Waals surface area contributed by atoms with E-state index < -0.39 is 11.4 Å². The van der Waals surface area contributed by atoms with Crippen LogP contribution in [-0.2, 0) is 9.53 Å². The Morgan fingerprint density at radius 1 is 1.42 bits per heavy atom. The number of likely N-dealkylation sites (tertiary alicyclic amines) is 1. The van der Waals surface area contributed by atoms with Gasteiger partial charge in [0.25, 0.3) is 0 Å². The van der Waals surface area contributed by atoms with Gasteiger partial charge in [-0.05, 0) is 45.6 Å².